The van der Waals surface area contributed by atoms with E-state index in [2.05, 4.69) is 0 Å². The molecule has 0 heterocycles. The zero-order chi connectivity index (χ0) is 6.85. The van der Waals surface area contributed by atoms with E-state index in [1.54, 1.807) is 6.07 Å². The van der Waals surface area contributed by atoms with E-state index in [-0.39, 0.29) is 18.2 Å². The number of rotatable bonds is 0. The Morgan fingerprint density at radius 3 is 2.20 bits per heavy atom. The molecule has 0 saturated heterocycles. The van der Waals surface area contributed by atoms with Gasteiger partial charge in [-0.1, -0.05) is 29.3 Å². The summed E-state index contributed by atoms with van der Waals surface area (Å²) in [6.45, 7) is 3.81. The number of hydrogen-bond donors (Lipinski definition) is 0. The molecule has 0 aromatic heterocycles. The van der Waals surface area contributed by atoms with Gasteiger partial charge >= 0.3 is 0 Å². The molecule has 1 rings (SSSR count). The molecule has 2 heteroatoms. The molecule has 1 aromatic rings. The molecule has 0 aliphatic heterocycles. The molecule has 1 aromatic carbocycles. The minimum atomic E-state index is 0. The first-order chi connectivity index (χ1) is 4.20. The van der Waals surface area contributed by atoms with Gasteiger partial charge in [-0.25, -0.2) is 0 Å². The van der Waals surface area contributed by atoms with Crippen molar-refractivity contribution < 1.29 is 17.5 Å². The van der Waals surface area contributed by atoms with Crippen molar-refractivity contribution in [3.63, 3.8) is 0 Å². The Morgan fingerprint density at radius 1 is 1.20 bits per heavy atom. The summed E-state index contributed by atoms with van der Waals surface area (Å²) in [5.74, 6) is 0.126. The first-order valence-corrected chi connectivity index (χ1v) is 2.94. The van der Waals surface area contributed by atoms with Crippen molar-refractivity contribution in [2.45, 2.75) is 13.8 Å². The van der Waals surface area contributed by atoms with Crippen LogP contribution >= 0.6 is 0 Å². The third-order valence-corrected chi connectivity index (χ3v) is 1.33. The highest BCUT2D eigenvalue weighted by molar-refractivity contribution is 5.33. The zero-order valence-corrected chi connectivity index (χ0v) is 6.77. The Morgan fingerprint density at radius 2 is 1.80 bits per heavy atom. The smallest absolute Gasteiger partial charge is 0.0398 e. The van der Waals surface area contributed by atoms with Crippen molar-refractivity contribution in [1.82, 2.24) is 0 Å². The lowest BCUT2D eigenvalue weighted by atomic mass is 10.1. The summed E-state index contributed by atoms with van der Waals surface area (Å²) in [5.41, 5.74) is 1.97. The van der Waals surface area contributed by atoms with Crippen molar-refractivity contribution in [2.24, 2.45) is 0 Å². The minimum absolute atomic E-state index is 0. The SMILES string of the molecule is Cc1ccc([O-])c(C)c1.[Cl-]. The van der Waals surface area contributed by atoms with E-state index in [9.17, 15) is 5.11 Å². The first kappa shape index (κ1) is 9.31. The summed E-state index contributed by atoms with van der Waals surface area (Å²) in [7, 11) is 0. The van der Waals surface area contributed by atoms with Crippen LogP contribution in [0.4, 0.5) is 0 Å². The molecule has 56 valence electrons. The highest BCUT2D eigenvalue weighted by Crippen LogP contribution is 2.12. The van der Waals surface area contributed by atoms with Crippen LogP contribution < -0.4 is 17.5 Å². The maximum atomic E-state index is 10.8. The summed E-state index contributed by atoms with van der Waals surface area (Å²) in [6.07, 6.45) is 0. The molecule has 0 unspecified atom stereocenters. The normalized spacial score (nSPS) is 8.60. The molecule has 10 heavy (non-hydrogen) atoms. The van der Waals surface area contributed by atoms with E-state index in [0.29, 0.717) is 0 Å². The van der Waals surface area contributed by atoms with Crippen LogP contribution in [-0.2, 0) is 0 Å². The Bertz CT molecular complexity index is 220. The van der Waals surface area contributed by atoms with Crippen molar-refractivity contribution in [3.05, 3.63) is 29.3 Å². The zero-order valence-electron chi connectivity index (χ0n) is 6.02. The topological polar surface area (TPSA) is 23.1 Å². The van der Waals surface area contributed by atoms with Gasteiger partial charge in [-0.2, -0.15) is 0 Å². The van der Waals surface area contributed by atoms with Crippen LogP contribution in [0.3, 0.4) is 0 Å². The molecule has 0 saturated carbocycles. The maximum absolute atomic E-state index is 10.8. The minimum Gasteiger partial charge on any atom is -1.00 e. The lowest BCUT2D eigenvalue weighted by Crippen LogP contribution is -3.00. The van der Waals surface area contributed by atoms with Crippen molar-refractivity contribution in [3.8, 4) is 5.75 Å². The maximum Gasteiger partial charge on any atom is -0.0398 e. The average Bonchev–Trinajstić information content (AvgIpc) is 1.80. The second-order valence-corrected chi connectivity index (χ2v) is 2.27. The Labute approximate surface area is 67.1 Å². The standard InChI is InChI=1S/C8H10O.ClH/c1-6-3-4-8(9)7(2)5-6;/h3-5,9H,1-2H3;1H/p-2. The number of benzene rings is 1. The number of aryl methyl sites for hydroxylation is 2. The highest BCUT2D eigenvalue weighted by atomic mass is 35.5. The summed E-state index contributed by atoms with van der Waals surface area (Å²) in [6, 6.07) is 5.32. The van der Waals surface area contributed by atoms with Gasteiger partial charge in [-0.3, -0.25) is 0 Å². The Kier molecular flexibility index (Phi) is 3.23. The molecule has 0 amide bonds. The van der Waals surface area contributed by atoms with Gasteiger partial charge in [0.15, 0.2) is 0 Å². The fourth-order valence-electron chi connectivity index (χ4n) is 0.799. The Balaban J connectivity index is 0.000000810. The van der Waals surface area contributed by atoms with E-state index >= 15 is 0 Å². The van der Waals surface area contributed by atoms with Crippen LogP contribution in [0, 0.1) is 13.8 Å². The van der Waals surface area contributed by atoms with Gasteiger partial charge in [0.1, 0.15) is 0 Å². The first-order valence-electron chi connectivity index (χ1n) is 2.94. The van der Waals surface area contributed by atoms with Gasteiger partial charge in [-0.05, 0) is 13.8 Å². The van der Waals surface area contributed by atoms with Gasteiger partial charge in [0.2, 0.25) is 0 Å². The van der Waals surface area contributed by atoms with E-state index in [1.165, 1.54) is 0 Å². The quantitative estimate of drug-likeness (QED) is 0.443. The van der Waals surface area contributed by atoms with E-state index in [4.69, 9.17) is 0 Å². The predicted molar refractivity (Wildman–Crippen MR) is 35.4 cm³/mol. The van der Waals surface area contributed by atoms with E-state index in [0.717, 1.165) is 11.1 Å². The van der Waals surface area contributed by atoms with Gasteiger partial charge in [0.05, 0.1) is 0 Å². The second-order valence-electron chi connectivity index (χ2n) is 2.27. The molecule has 0 bridgehead atoms. The molecule has 0 radical (unpaired) electrons. The van der Waals surface area contributed by atoms with Crippen LogP contribution in [-0.4, -0.2) is 0 Å². The average molecular weight is 157 g/mol. The monoisotopic (exact) mass is 156 g/mol. The number of hydrogen-bond acceptors (Lipinski definition) is 1. The lowest BCUT2D eigenvalue weighted by Gasteiger charge is -2.08. The molecule has 0 aliphatic carbocycles. The Hall–Kier alpha value is -0.690. The fourth-order valence-corrected chi connectivity index (χ4v) is 0.799. The van der Waals surface area contributed by atoms with E-state index < -0.39 is 0 Å². The summed E-state index contributed by atoms with van der Waals surface area (Å²) in [4.78, 5) is 0. The van der Waals surface area contributed by atoms with Gasteiger partial charge < -0.3 is 17.5 Å². The summed E-state index contributed by atoms with van der Waals surface area (Å²) >= 11 is 0. The summed E-state index contributed by atoms with van der Waals surface area (Å²) in [5, 5.41) is 10.8. The second kappa shape index (κ2) is 3.47. The molecule has 1 nitrogen and oxygen atoms in total. The molecule has 0 spiro atoms. The lowest BCUT2D eigenvalue weighted by molar-refractivity contribution is -0.269. The predicted octanol–water partition coefficient (Wildman–Crippen LogP) is -1.62. The van der Waals surface area contributed by atoms with Crippen LogP contribution in [0.5, 0.6) is 5.75 Å². The highest BCUT2D eigenvalue weighted by Gasteiger charge is 1.84. The summed E-state index contributed by atoms with van der Waals surface area (Å²) < 4.78 is 0. The third kappa shape index (κ3) is 1.92. The van der Waals surface area contributed by atoms with Crippen LogP contribution in [0.1, 0.15) is 11.1 Å². The van der Waals surface area contributed by atoms with Gasteiger partial charge in [0.25, 0.3) is 0 Å². The largest absolute Gasteiger partial charge is 1.00 e. The van der Waals surface area contributed by atoms with Crippen molar-refractivity contribution in [1.29, 1.82) is 0 Å². The molecular weight excluding hydrogens is 148 g/mol. The molecule has 0 aliphatic rings. The third-order valence-electron chi connectivity index (χ3n) is 1.33. The molecule has 0 N–H and O–H groups in total. The fraction of sp³-hybridized carbons (Fsp3) is 0.250. The van der Waals surface area contributed by atoms with Crippen molar-refractivity contribution >= 4 is 0 Å². The molecular formula is C8H9ClO-2. The van der Waals surface area contributed by atoms with Gasteiger partial charge in [0, 0.05) is 0 Å². The van der Waals surface area contributed by atoms with Crippen LogP contribution in [0.15, 0.2) is 18.2 Å². The van der Waals surface area contributed by atoms with Crippen molar-refractivity contribution in [2.75, 3.05) is 0 Å². The molecule has 0 fully saturated rings. The van der Waals surface area contributed by atoms with Gasteiger partial charge in [-0.15, -0.1) is 5.75 Å². The van der Waals surface area contributed by atoms with E-state index in [1.807, 2.05) is 26.0 Å². The van der Waals surface area contributed by atoms with Crippen LogP contribution in [0.25, 0.3) is 0 Å². The molecule has 0 atom stereocenters. The van der Waals surface area contributed by atoms with Crippen LogP contribution in [0.2, 0.25) is 0 Å². The number of halogens is 1.